The van der Waals surface area contributed by atoms with Gasteiger partial charge in [0.15, 0.2) is 0 Å². The van der Waals surface area contributed by atoms with Crippen LogP contribution in [0.15, 0.2) is 0 Å². The van der Waals surface area contributed by atoms with E-state index in [2.05, 4.69) is 13.8 Å². The van der Waals surface area contributed by atoms with Crippen LogP contribution in [-0.4, -0.2) is 5.66 Å². The fourth-order valence-electron chi connectivity index (χ4n) is 5.98. The number of rotatable bonds is 0. The van der Waals surface area contributed by atoms with Crippen molar-refractivity contribution in [3.8, 4) is 0 Å². The van der Waals surface area contributed by atoms with Crippen LogP contribution in [-0.2, 0) is 0 Å². The lowest BCUT2D eigenvalue weighted by Gasteiger charge is -2.35. The SMILES string of the molecule is CC1CCC2C(C1)C21C2CC(C)C(N)(N)CC21. The summed E-state index contributed by atoms with van der Waals surface area (Å²) in [5.41, 5.74) is 12.9. The van der Waals surface area contributed by atoms with Crippen LogP contribution >= 0.6 is 0 Å². The number of hydrogen-bond donors (Lipinski definition) is 2. The molecule has 0 radical (unpaired) electrons. The third-order valence-electron chi connectivity index (χ3n) is 7.05. The molecule has 0 aromatic rings. The minimum absolute atomic E-state index is 0.373. The van der Waals surface area contributed by atoms with Crippen molar-refractivity contribution in [3.05, 3.63) is 0 Å². The summed E-state index contributed by atoms with van der Waals surface area (Å²) in [6.45, 7) is 4.70. The summed E-state index contributed by atoms with van der Waals surface area (Å²) < 4.78 is 0. The molecule has 2 nitrogen and oxygen atoms in total. The first kappa shape index (κ1) is 10.8. The molecule has 96 valence electrons. The van der Waals surface area contributed by atoms with E-state index >= 15 is 0 Å². The van der Waals surface area contributed by atoms with Gasteiger partial charge in [0, 0.05) is 0 Å². The van der Waals surface area contributed by atoms with Crippen LogP contribution in [0.2, 0.25) is 0 Å². The van der Waals surface area contributed by atoms with Crippen molar-refractivity contribution >= 4 is 0 Å². The second kappa shape index (κ2) is 2.91. The Morgan fingerprint density at radius 3 is 2.24 bits per heavy atom. The molecule has 0 saturated heterocycles. The summed E-state index contributed by atoms with van der Waals surface area (Å²) in [6.07, 6.45) is 6.86. The summed E-state index contributed by atoms with van der Waals surface area (Å²) >= 11 is 0. The summed E-state index contributed by atoms with van der Waals surface area (Å²) in [5, 5.41) is 0. The number of fused-ring (bicyclic) bond motifs is 6. The van der Waals surface area contributed by atoms with Crippen molar-refractivity contribution in [1.82, 2.24) is 0 Å². The molecule has 0 aliphatic heterocycles. The van der Waals surface area contributed by atoms with E-state index in [1.807, 2.05) is 0 Å². The van der Waals surface area contributed by atoms with Gasteiger partial charge in [-0.15, -0.1) is 0 Å². The van der Waals surface area contributed by atoms with Crippen molar-refractivity contribution in [1.29, 1.82) is 0 Å². The topological polar surface area (TPSA) is 52.0 Å². The van der Waals surface area contributed by atoms with E-state index < -0.39 is 0 Å². The zero-order chi connectivity index (χ0) is 12.0. The van der Waals surface area contributed by atoms with E-state index in [1.54, 1.807) is 0 Å². The summed E-state index contributed by atoms with van der Waals surface area (Å²) in [5.74, 6) is 5.50. The van der Waals surface area contributed by atoms with Crippen LogP contribution in [0.1, 0.15) is 46.0 Å². The molecule has 4 rings (SSSR count). The zero-order valence-electron chi connectivity index (χ0n) is 11.2. The fourth-order valence-corrected chi connectivity index (χ4v) is 5.98. The van der Waals surface area contributed by atoms with E-state index in [0.717, 1.165) is 41.4 Å². The van der Waals surface area contributed by atoms with Gasteiger partial charge < -0.3 is 11.5 Å². The predicted molar refractivity (Wildman–Crippen MR) is 68.9 cm³/mol. The average Bonchev–Trinajstić information content (AvgIpc) is 3.07. The van der Waals surface area contributed by atoms with Gasteiger partial charge in [0.25, 0.3) is 0 Å². The zero-order valence-corrected chi connectivity index (χ0v) is 11.2. The Labute approximate surface area is 105 Å². The molecule has 4 aliphatic carbocycles. The molecule has 7 unspecified atom stereocenters. The lowest BCUT2D eigenvalue weighted by atomic mass is 9.81. The van der Waals surface area contributed by atoms with Gasteiger partial charge in [-0.2, -0.15) is 0 Å². The smallest absolute Gasteiger partial charge is 0.0666 e. The van der Waals surface area contributed by atoms with Crippen molar-refractivity contribution in [3.63, 3.8) is 0 Å². The van der Waals surface area contributed by atoms with Gasteiger partial charge in [0.1, 0.15) is 0 Å². The molecule has 0 aromatic heterocycles. The van der Waals surface area contributed by atoms with E-state index in [0.29, 0.717) is 5.92 Å². The van der Waals surface area contributed by atoms with Gasteiger partial charge in [-0.1, -0.05) is 20.3 Å². The molecule has 2 heteroatoms. The van der Waals surface area contributed by atoms with Gasteiger partial charge in [0.2, 0.25) is 0 Å². The lowest BCUT2D eigenvalue weighted by Crippen LogP contribution is -2.56. The Balaban J connectivity index is 1.57. The second-order valence-corrected chi connectivity index (χ2v) is 7.80. The van der Waals surface area contributed by atoms with Crippen molar-refractivity contribution in [2.75, 3.05) is 0 Å². The Morgan fingerprint density at radius 1 is 0.882 bits per heavy atom. The molecule has 4 fully saturated rings. The van der Waals surface area contributed by atoms with Gasteiger partial charge in [-0.3, -0.25) is 0 Å². The molecule has 4 N–H and O–H groups in total. The first-order valence-electron chi connectivity index (χ1n) is 7.55. The third kappa shape index (κ3) is 1.14. The Morgan fingerprint density at radius 2 is 1.59 bits per heavy atom. The van der Waals surface area contributed by atoms with Crippen LogP contribution in [0.25, 0.3) is 0 Å². The predicted octanol–water partition coefficient (Wildman–Crippen LogP) is 2.33. The van der Waals surface area contributed by atoms with Crippen molar-refractivity contribution in [2.45, 2.75) is 51.6 Å². The number of hydrogen-bond acceptors (Lipinski definition) is 2. The van der Waals surface area contributed by atoms with Crippen LogP contribution in [0.5, 0.6) is 0 Å². The highest BCUT2D eigenvalue weighted by molar-refractivity contribution is 5.32. The molecule has 0 bridgehead atoms. The van der Waals surface area contributed by atoms with Gasteiger partial charge >= 0.3 is 0 Å². The monoisotopic (exact) mass is 234 g/mol. The fraction of sp³-hybridized carbons (Fsp3) is 1.00. The average molecular weight is 234 g/mol. The van der Waals surface area contributed by atoms with Crippen molar-refractivity contribution < 1.29 is 0 Å². The van der Waals surface area contributed by atoms with Crippen LogP contribution in [0.4, 0.5) is 0 Å². The largest absolute Gasteiger partial charge is 0.313 e. The Hall–Kier alpha value is -0.0800. The van der Waals surface area contributed by atoms with Crippen LogP contribution in [0.3, 0.4) is 0 Å². The van der Waals surface area contributed by atoms with E-state index in [-0.39, 0.29) is 5.66 Å². The maximum atomic E-state index is 6.28. The molecule has 17 heavy (non-hydrogen) atoms. The lowest BCUT2D eigenvalue weighted by molar-refractivity contribution is 0.203. The standard InChI is InChI=1S/C15H26N2/c1-8-3-4-10-11(5-8)15(10)12-6-9(2)14(16,17)7-13(12)15/h8-13H,3-7,16-17H2,1-2H3. The summed E-state index contributed by atoms with van der Waals surface area (Å²) in [4.78, 5) is 0. The maximum Gasteiger partial charge on any atom is 0.0666 e. The van der Waals surface area contributed by atoms with Crippen molar-refractivity contribution in [2.24, 2.45) is 52.4 Å². The molecular weight excluding hydrogens is 208 g/mol. The van der Waals surface area contributed by atoms with E-state index in [4.69, 9.17) is 11.5 Å². The third-order valence-corrected chi connectivity index (χ3v) is 7.05. The second-order valence-electron chi connectivity index (χ2n) is 7.80. The Bertz CT molecular complexity index is 364. The molecule has 0 amide bonds. The molecule has 0 heterocycles. The first-order valence-corrected chi connectivity index (χ1v) is 7.55. The van der Waals surface area contributed by atoms with Gasteiger partial charge in [0.05, 0.1) is 5.66 Å². The molecular formula is C15H26N2. The molecule has 4 aliphatic rings. The molecule has 0 aromatic carbocycles. The molecule has 4 saturated carbocycles. The molecule has 7 atom stereocenters. The normalized spacial score (nSPS) is 62.8. The first-order chi connectivity index (χ1) is 7.98. The summed E-state index contributed by atoms with van der Waals surface area (Å²) in [7, 11) is 0. The van der Waals surface area contributed by atoms with E-state index in [9.17, 15) is 0 Å². The van der Waals surface area contributed by atoms with Gasteiger partial charge in [-0.25, -0.2) is 0 Å². The minimum Gasteiger partial charge on any atom is -0.313 e. The highest BCUT2D eigenvalue weighted by Gasteiger charge is 2.84. The van der Waals surface area contributed by atoms with Gasteiger partial charge in [-0.05, 0) is 66.6 Å². The van der Waals surface area contributed by atoms with E-state index in [1.165, 1.54) is 25.7 Å². The maximum absolute atomic E-state index is 6.28. The minimum atomic E-state index is -0.373. The quantitative estimate of drug-likeness (QED) is 0.632. The van der Waals surface area contributed by atoms with Crippen LogP contribution in [0, 0.1) is 40.9 Å². The highest BCUT2D eigenvalue weighted by Crippen LogP contribution is 2.88. The van der Waals surface area contributed by atoms with Crippen LogP contribution < -0.4 is 11.5 Å². The molecule has 1 spiro atoms. The Kier molecular flexibility index (Phi) is 1.85. The number of nitrogens with two attached hydrogens (primary N) is 2. The highest BCUT2D eigenvalue weighted by atomic mass is 15.0. The summed E-state index contributed by atoms with van der Waals surface area (Å²) in [6, 6.07) is 0.